The van der Waals surface area contributed by atoms with Gasteiger partial charge in [0.25, 0.3) is 11.3 Å². The number of aliphatic imine (C=N–C) groups is 1. The Hall–Kier alpha value is -3.94. The second-order valence-corrected chi connectivity index (χ2v) is 9.31. The van der Waals surface area contributed by atoms with Crippen LogP contribution >= 0.6 is 0 Å². The molecule has 13 heteroatoms. The smallest absolute Gasteiger partial charge is 0.264 e. The molecule has 2 aromatic heterocycles. The average molecular weight is 541 g/mol. The van der Waals surface area contributed by atoms with Gasteiger partial charge in [0, 0.05) is 30.2 Å². The maximum atomic E-state index is 12.7. The number of amides is 1. The molecule has 38 heavy (non-hydrogen) atoms. The number of aromatic nitrogens is 3. The summed E-state index contributed by atoms with van der Waals surface area (Å²) in [5, 5.41) is 0. The molecule has 0 saturated carbocycles. The molecule has 4 rings (SSSR count). The lowest BCUT2D eigenvalue weighted by atomic mass is 9.99. The van der Waals surface area contributed by atoms with E-state index in [0.717, 1.165) is 0 Å². The number of nitrogens with one attached hydrogen (secondary N) is 1. The normalized spacial score (nSPS) is 18.0. The molecule has 1 aliphatic heterocycles. The molecule has 3 N–H and O–H groups in total. The van der Waals surface area contributed by atoms with Gasteiger partial charge in [-0.3, -0.25) is 23.1 Å². The Bertz CT molecular complexity index is 1350. The van der Waals surface area contributed by atoms with Gasteiger partial charge in [-0.2, -0.15) is 0 Å². The summed E-state index contributed by atoms with van der Waals surface area (Å²) in [5.74, 6) is 0.170. The van der Waals surface area contributed by atoms with Gasteiger partial charge in [0.05, 0.1) is 30.9 Å². The molecule has 0 aliphatic carbocycles. The highest BCUT2D eigenvalue weighted by Gasteiger charge is 2.30. The fourth-order valence-corrected chi connectivity index (χ4v) is 4.64. The van der Waals surface area contributed by atoms with Gasteiger partial charge in [0.1, 0.15) is 11.9 Å². The van der Waals surface area contributed by atoms with Crippen LogP contribution < -0.4 is 10.5 Å². The standard InChI is InChI=1S/C25H28N6O6S/c1-3-28-25-24(16(2)26)29-14-31(25)23-11-8-17(37-23)13-36-38(34)30-22(33)10-9-20(32)18-6-4-5-7-19(18)21-12-27-15-35-21/h3-7,12,14-15,17,23H,2,8-11,13,26H2,1H3,(H,30,33)/b28-3-. The molecular weight excluding hydrogens is 512 g/mol. The van der Waals surface area contributed by atoms with Gasteiger partial charge in [-0.1, -0.05) is 30.8 Å². The Balaban J connectivity index is 1.23. The second-order valence-electron chi connectivity index (χ2n) is 8.41. The minimum atomic E-state index is -2.08. The Morgan fingerprint density at radius 2 is 2.16 bits per heavy atom. The minimum absolute atomic E-state index is 0.00438. The number of carbonyl (C=O) groups is 2. The molecule has 1 fully saturated rings. The molecular formula is C25H28N6O6S. The van der Waals surface area contributed by atoms with Crippen LogP contribution in [0.2, 0.25) is 0 Å². The van der Waals surface area contributed by atoms with Crippen LogP contribution in [-0.4, -0.2) is 49.4 Å². The SMILES string of the molecule is C=C(N)c1ncn(C2CCC(COS(=O)NC(=O)CCC(=O)c3ccccc3-c3cnco3)O2)c1/N=C\C. The van der Waals surface area contributed by atoms with Gasteiger partial charge in [0.15, 0.2) is 23.8 Å². The topological polar surface area (TPSA) is 164 Å². The van der Waals surface area contributed by atoms with Gasteiger partial charge in [0.2, 0.25) is 5.91 Å². The van der Waals surface area contributed by atoms with Gasteiger partial charge >= 0.3 is 0 Å². The fraction of sp³-hybridized carbons (Fsp3) is 0.320. The minimum Gasteiger partial charge on any atom is -0.443 e. The van der Waals surface area contributed by atoms with E-state index in [0.29, 0.717) is 46.9 Å². The van der Waals surface area contributed by atoms with E-state index < -0.39 is 17.2 Å². The first-order valence-corrected chi connectivity index (χ1v) is 13.0. The highest BCUT2D eigenvalue weighted by molar-refractivity contribution is 7.78. The number of ketones is 1. The first-order chi connectivity index (χ1) is 18.4. The lowest BCUT2D eigenvalue weighted by Crippen LogP contribution is -2.29. The molecule has 12 nitrogen and oxygen atoms in total. The Morgan fingerprint density at radius 3 is 2.89 bits per heavy atom. The number of nitrogens with zero attached hydrogens (tertiary/aromatic N) is 4. The zero-order valence-corrected chi connectivity index (χ0v) is 21.6. The van der Waals surface area contributed by atoms with Gasteiger partial charge in [-0.05, 0) is 19.8 Å². The average Bonchev–Trinajstić information content (AvgIpc) is 3.67. The van der Waals surface area contributed by atoms with Crippen molar-refractivity contribution >= 4 is 40.7 Å². The number of oxazole rings is 1. The number of ether oxygens (including phenoxy) is 1. The number of imidazole rings is 1. The van der Waals surface area contributed by atoms with Crippen molar-refractivity contribution in [2.45, 2.75) is 44.9 Å². The quantitative estimate of drug-likeness (QED) is 0.259. The number of carbonyl (C=O) groups excluding carboxylic acids is 2. The van der Waals surface area contributed by atoms with Crippen LogP contribution in [0.1, 0.15) is 54.9 Å². The van der Waals surface area contributed by atoms with E-state index in [-0.39, 0.29) is 37.6 Å². The van der Waals surface area contributed by atoms with E-state index in [1.54, 1.807) is 48.3 Å². The van der Waals surface area contributed by atoms with E-state index in [1.165, 1.54) is 12.6 Å². The maximum absolute atomic E-state index is 12.7. The lowest BCUT2D eigenvalue weighted by molar-refractivity contribution is -0.119. The summed E-state index contributed by atoms with van der Waals surface area (Å²) < 4.78 is 32.8. The Morgan fingerprint density at radius 1 is 1.34 bits per heavy atom. The zero-order chi connectivity index (χ0) is 27.1. The molecule has 3 atom stereocenters. The van der Waals surface area contributed by atoms with E-state index >= 15 is 0 Å². The Kier molecular flexibility index (Phi) is 8.94. The van der Waals surface area contributed by atoms with Gasteiger partial charge < -0.3 is 14.9 Å². The largest absolute Gasteiger partial charge is 0.443 e. The molecule has 0 bridgehead atoms. The van der Waals surface area contributed by atoms with E-state index in [4.69, 9.17) is 19.1 Å². The third kappa shape index (κ3) is 6.49. The van der Waals surface area contributed by atoms with Crippen LogP contribution in [-0.2, 0) is 25.0 Å². The summed E-state index contributed by atoms with van der Waals surface area (Å²) in [6.45, 7) is 5.51. The molecule has 200 valence electrons. The summed E-state index contributed by atoms with van der Waals surface area (Å²) in [6.07, 6.45) is 6.38. The Labute approximate surface area is 221 Å². The summed E-state index contributed by atoms with van der Waals surface area (Å²) in [6, 6.07) is 6.90. The molecule has 3 unspecified atom stereocenters. The summed E-state index contributed by atoms with van der Waals surface area (Å²) in [5.41, 5.74) is 7.58. The van der Waals surface area contributed by atoms with Crippen molar-refractivity contribution in [3.8, 4) is 11.3 Å². The predicted molar refractivity (Wildman–Crippen MR) is 140 cm³/mol. The van der Waals surface area contributed by atoms with Crippen LogP contribution in [0.3, 0.4) is 0 Å². The predicted octanol–water partition coefficient (Wildman–Crippen LogP) is 3.24. The first kappa shape index (κ1) is 27.1. The highest BCUT2D eigenvalue weighted by Crippen LogP contribution is 2.34. The van der Waals surface area contributed by atoms with Crippen molar-refractivity contribution in [1.29, 1.82) is 0 Å². The van der Waals surface area contributed by atoms with Crippen molar-refractivity contribution in [2.24, 2.45) is 10.7 Å². The maximum Gasteiger partial charge on any atom is 0.264 e. The highest BCUT2D eigenvalue weighted by atomic mass is 32.2. The molecule has 3 aromatic rings. The first-order valence-electron chi connectivity index (χ1n) is 11.9. The van der Waals surface area contributed by atoms with Gasteiger partial charge in [-0.15, -0.1) is 0 Å². The van der Waals surface area contributed by atoms with Crippen molar-refractivity contribution in [1.82, 2.24) is 19.3 Å². The number of hydrogen-bond donors (Lipinski definition) is 2. The van der Waals surface area contributed by atoms with E-state index in [9.17, 15) is 13.8 Å². The third-order valence-corrected chi connectivity index (χ3v) is 6.53. The monoisotopic (exact) mass is 540 g/mol. The van der Waals surface area contributed by atoms with Crippen LogP contribution in [0, 0.1) is 0 Å². The number of hydrogen-bond acceptors (Lipinski definition) is 10. The zero-order valence-electron chi connectivity index (χ0n) is 20.7. The van der Waals surface area contributed by atoms with Crippen molar-refractivity contribution in [3.63, 3.8) is 0 Å². The number of nitrogens with two attached hydrogens (primary N) is 1. The fourth-order valence-electron chi connectivity index (χ4n) is 4.02. The van der Waals surface area contributed by atoms with Crippen LogP contribution in [0.4, 0.5) is 5.82 Å². The van der Waals surface area contributed by atoms with Crippen LogP contribution in [0.25, 0.3) is 17.0 Å². The lowest BCUT2D eigenvalue weighted by Gasteiger charge is -2.16. The molecule has 1 aliphatic rings. The number of benzene rings is 1. The van der Waals surface area contributed by atoms with Gasteiger partial charge in [-0.25, -0.2) is 19.2 Å². The molecule has 1 saturated heterocycles. The summed E-state index contributed by atoms with van der Waals surface area (Å²) >= 11 is -2.08. The van der Waals surface area contributed by atoms with Crippen molar-refractivity contribution in [2.75, 3.05) is 6.61 Å². The third-order valence-electron chi connectivity index (χ3n) is 5.78. The van der Waals surface area contributed by atoms with Crippen molar-refractivity contribution in [3.05, 3.63) is 61.0 Å². The number of Topliss-reactive ketones (excluding diaryl/α,β-unsaturated/α-hetero) is 1. The molecule has 0 spiro atoms. The molecule has 0 radical (unpaired) electrons. The van der Waals surface area contributed by atoms with Crippen LogP contribution in [0.5, 0.6) is 0 Å². The second kappa shape index (κ2) is 12.5. The van der Waals surface area contributed by atoms with Crippen LogP contribution in [0.15, 0.2) is 59.2 Å². The number of rotatable bonds is 12. The molecule has 1 aromatic carbocycles. The summed E-state index contributed by atoms with van der Waals surface area (Å²) in [4.78, 5) is 37.4. The molecule has 1 amide bonds. The summed E-state index contributed by atoms with van der Waals surface area (Å²) in [7, 11) is 0. The van der Waals surface area contributed by atoms with Crippen molar-refractivity contribution < 1.29 is 27.1 Å². The van der Waals surface area contributed by atoms with E-state index in [1.807, 2.05) is 0 Å². The molecule has 3 heterocycles. The van der Waals surface area contributed by atoms with E-state index in [2.05, 4.69) is 26.3 Å².